The monoisotopic (exact) mass is 367 g/mol. The quantitative estimate of drug-likeness (QED) is 0.666. The lowest BCUT2D eigenvalue weighted by atomic mass is 9.94. The predicted octanol–water partition coefficient (Wildman–Crippen LogP) is 3.66. The van der Waals surface area contributed by atoms with Gasteiger partial charge in [-0.05, 0) is 54.7 Å². The van der Waals surface area contributed by atoms with Crippen molar-refractivity contribution in [1.82, 2.24) is 5.32 Å². The lowest BCUT2D eigenvalue weighted by Crippen LogP contribution is -2.41. The van der Waals surface area contributed by atoms with Gasteiger partial charge in [0.15, 0.2) is 0 Å². The number of nitrogens with one attached hydrogen (secondary N) is 2. The second-order valence-electron chi connectivity index (χ2n) is 7.14. The zero-order valence-corrected chi connectivity index (χ0v) is 16.5. The van der Waals surface area contributed by atoms with Gasteiger partial charge >= 0.3 is 0 Å². The highest BCUT2D eigenvalue weighted by Crippen LogP contribution is 2.23. The molecule has 2 rings (SSSR count). The lowest BCUT2D eigenvalue weighted by molar-refractivity contribution is -0.118. The third-order valence-electron chi connectivity index (χ3n) is 4.67. The predicted molar refractivity (Wildman–Crippen MR) is 110 cm³/mol. The number of rotatable bonds is 8. The third kappa shape index (κ3) is 5.66. The Morgan fingerprint density at radius 1 is 0.963 bits per heavy atom. The summed E-state index contributed by atoms with van der Waals surface area (Å²) in [6.07, 6.45) is 1.01. The topological polar surface area (TPSA) is 84.2 Å². The van der Waals surface area contributed by atoms with Crippen LogP contribution in [0.25, 0.3) is 0 Å². The highest BCUT2D eigenvalue weighted by molar-refractivity contribution is 5.96. The standard InChI is InChI=1S/C22H29N3O2/c1-5-16-6-8-17(9-7-16)20(14(2)3)24-15(4)22(27)25-19-12-10-18(11-13-19)21(23)26/h6-15,20,24H,5H2,1-4H3,(H2,23,26)(H,25,27)/t15-,20+/m1/s1. The normalized spacial score (nSPS) is 13.2. The van der Waals surface area contributed by atoms with Gasteiger partial charge in [-0.2, -0.15) is 0 Å². The second kappa shape index (κ2) is 9.33. The molecule has 0 unspecified atom stereocenters. The van der Waals surface area contributed by atoms with Gasteiger partial charge < -0.3 is 11.1 Å². The molecule has 0 bridgehead atoms. The highest BCUT2D eigenvalue weighted by Gasteiger charge is 2.22. The van der Waals surface area contributed by atoms with Crippen molar-refractivity contribution in [3.8, 4) is 0 Å². The number of benzene rings is 2. The smallest absolute Gasteiger partial charge is 0.248 e. The van der Waals surface area contributed by atoms with Crippen LogP contribution in [0.1, 0.15) is 55.2 Å². The van der Waals surface area contributed by atoms with E-state index in [1.807, 2.05) is 6.92 Å². The van der Waals surface area contributed by atoms with E-state index in [2.05, 4.69) is 55.7 Å². The maximum Gasteiger partial charge on any atom is 0.248 e. The van der Waals surface area contributed by atoms with Gasteiger partial charge in [-0.25, -0.2) is 0 Å². The van der Waals surface area contributed by atoms with Crippen molar-refractivity contribution < 1.29 is 9.59 Å². The molecule has 2 atom stereocenters. The maximum atomic E-state index is 12.6. The first kappa shape index (κ1) is 20.6. The number of nitrogens with two attached hydrogens (primary N) is 1. The summed E-state index contributed by atoms with van der Waals surface area (Å²) < 4.78 is 0. The molecule has 2 aromatic rings. The molecule has 0 saturated heterocycles. The van der Waals surface area contributed by atoms with Crippen molar-refractivity contribution in [2.45, 2.75) is 46.2 Å². The molecule has 5 nitrogen and oxygen atoms in total. The zero-order chi connectivity index (χ0) is 20.0. The molecule has 0 heterocycles. The van der Waals surface area contributed by atoms with Gasteiger partial charge in [0.1, 0.15) is 0 Å². The van der Waals surface area contributed by atoms with Crippen molar-refractivity contribution >= 4 is 17.5 Å². The number of hydrogen-bond acceptors (Lipinski definition) is 3. The Morgan fingerprint density at radius 3 is 2.04 bits per heavy atom. The lowest BCUT2D eigenvalue weighted by Gasteiger charge is -2.26. The molecule has 0 aliphatic rings. The number of aryl methyl sites for hydroxylation is 1. The molecule has 0 aromatic heterocycles. The highest BCUT2D eigenvalue weighted by atomic mass is 16.2. The number of hydrogen-bond donors (Lipinski definition) is 3. The van der Waals surface area contributed by atoms with Crippen LogP contribution in [-0.4, -0.2) is 17.9 Å². The van der Waals surface area contributed by atoms with Crippen LogP contribution in [0.3, 0.4) is 0 Å². The minimum absolute atomic E-state index is 0.0777. The number of primary amides is 1. The summed E-state index contributed by atoms with van der Waals surface area (Å²) in [4.78, 5) is 23.7. The van der Waals surface area contributed by atoms with Crippen LogP contribution >= 0.6 is 0 Å². The van der Waals surface area contributed by atoms with Crippen LogP contribution < -0.4 is 16.4 Å². The number of anilines is 1. The van der Waals surface area contributed by atoms with Gasteiger partial charge in [0.2, 0.25) is 11.8 Å². The fraction of sp³-hybridized carbons (Fsp3) is 0.364. The van der Waals surface area contributed by atoms with E-state index in [0.717, 1.165) is 6.42 Å². The molecular formula is C22H29N3O2. The van der Waals surface area contributed by atoms with Gasteiger partial charge in [-0.3, -0.25) is 14.9 Å². The maximum absolute atomic E-state index is 12.6. The number of carbonyl (C=O) groups excluding carboxylic acids is 2. The summed E-state index contributed by atoms with van der Waals surface area (Å²) in [7, 11) is 0. The summed E-state index contributed by atoms with van der Waals surface area (Å²) in [6, 6.07) is 14.8. The average Bonchev–Trinajstić information content (AvgIpc) is 2.66. The molecule has 4 N–H and O–H groups in total. The van der Waals surface area contributed by atoms with E-state index in [1.165, 1.54) is 11.1 Å². The van der Waals surface area contributed by atoms with E-state index < -0.39 is 5.91 Å². The summed E-state index contributed by atoms with van der Waals surface area (Å²) in [5, 5.41) is 6.30. The van der Waals surface area contributed by atoms with Crippen LogP contribution in [0.2, 0.25) is 0 Å². The van der Waals surface area contributed by atoms with Crippen molar-refractivity contribution in [2.75, 3.05) is 5.32 Å². The van der Waals surface area contributed by atoms with Gasteiger partial charge in [0, 0.05) is 17.3 Å². The van der Waals surface area contributed by atoms with Crippen molar-refractivity contribution in [1.29, 1.82) is 0 Å². The first-order valence-electron chi connectivity index (χ1n) is 9.37. The van der Waals surface area contributed by atoms with Gasteiger partial charge in [0.05, 0.1) is 6.04 Å². The van der Waals surface area contributed by atoms with E-state index in [4.69, 9.17) is 5.73 Å². The van der Waals surface area contributed by atoms with E-state index in [1.54, 1.807) is 24.3 Å². The SMILES string of the molecule is CCc1ccc([C@@H](N[C@H](C)C(=O)Nc2ccc(C(N)=O)cc2)C(C)C)cc1. The summed E-state index contributed by atoms with van der Waals surface area (Å²) in [6.45, 7) is 8.26. The molecule has 2 amide bonds. The van der Waals surface area contributed by atoms with E-state index in [-0.39, 0.29) is 18.0 Å². The summed E-state index contributed by atoms with van der Waals surface area (Å²) in [5.74, 6) is -0.281. The van der Waals surface area contributed by atoms with Gasteiger partial charge in [-0.15, -0.1) is 0 Å². The average molecular weight is 367 g/mol. The van der Waals surface area contributed by atoms with Crippen LogP contribution in [-0.2, 0) is 11.2 Å². The Balaban J connectivity index is 2.04. The molecule has 27 heavy (non-hydrogen) atoms. The Labute approximate surface area is 161 Å². The molecule has 2 aromatic carbocycles. The molecule has 144 valence electrons. The fourth-order valence-corrected chi connectivity index (χ4v) is 2.95. The minimum Gasteiger partial charge on any atom is -0.366 e. The second-order valence-corrected chi connectivity index (χ2v) is 7.14. The van der Waals surface area contributed by atoms with E-state index >= 15 is 0 Å². The van der Waals surface area contributed by atoms with Crippen molar-refractivity contribution in [3.63, 3.8) is 0 Å². The zero-order valence-electron chi connectivity index (χ0n) is 16.5. The van der Waals surface area contributed by atoms with E-state index in [9.17, 15) is 9.59 Å². The number of carbonyl (C=O) groups is 2. The molecular weight excluding hydrogens is 338 g/mol. The van der Waals surface area contributed by atoms with Gasteiger partial charge in [0.25, 0.3) is 0 Å². The third-order valence-corrected chi connectivity index (χ3v) is 4.67. The summed E-state index contributed by atoms with van der Waals surface area (Å²) in [5.41, 5.74) is 8.75. The van der Waals surface area contributed by atoms with Crippen LogP contribution in [0.15, 0.2) is 48.5 Å². The first-order chi connectivity index (χ1) is 12.8. The van der Waals surface area contributed by atoms with Gasteiger partial charge in [-0.1, -0.05) is 45.0 Å². The Kier molecular flexibility index (Phi) is 7.13. The molecule has 0 spiro atoms. The Bertz CT molecular complexity index is 767. The van der Waals surface area contributed by atoms with Crippen LogP contribution in [0.5, 0.6) is 0 Å². The molecule has 0 radical (unpaired) electrons. The largest absolute Gasteiger partial charge is 0.366 e. The molecule has 0 fully saturated rings. The first-order valence-corrected chi connectivity index (χ1v) is 9.37. The van der Waals surface area contributed by atoms with Crippen LogP contribution in [0, 0.1) is 5.92 Å². The van der Waals surface area contributed by atoms with Crippen LogP contribution in [0.4, 0.5) is 5.69 Å². The Morgan fingerprint density at radius 2 is 1.56 bits per heavy atom. The number of amides is 2. The molecule has 5 heteroatoms. The molecule has 0 aliphatic heterocycles. The molecule has 0 saturated carbocycles. The summed E-state index contributed by atoms with van der Waals surface area (Å²) >= 11 is 0. The minimum atomic E-state index is -0.489. The van der Waals surface area contributed by atoms with E-state index in [0.29, 0.717) is 17.2 Å². The molecule has 0 aliphatic carbocycles. The van der Waals surface area contributed by atoms with Crippen molar-refractivity contribution in [2.24, 2.45) is 11.7 Å². The van der Waals surface area contributed by atoms with Crippen molar-refractivity contribution in [3.05, 3.63) is 65.2 Å². The Hall–Kier alpha value is -2.66. The fourth-order valence-electron chi connectivity index (χ4n) is 2.95.